The molecule has 0 aromatic heterocycles. The average Bonchev–Trinajstić information content (AvgIpc) is 1.67. The number of nitrogens with two attached hydrogens (primary N) is 1. The summed E-state index contributed by atoms with van der Waals surface area (Å²) in [7, 11) is 0. The van der Waals surface area contributed by atoms with Gasteiger partial charge in [-0.1, -0.05) is 13.3 Å². The predicted octanol–water partition coefficient (Wildman–Crippen LogP) is 0.722. The second kappa shape index (κ2) is 3.47. The molecule has 0 saturated heterocycles. The Balaban J connectivity index is 3.32. The van der Waals surface area contributed by atoms with E-state index in [2.05, 4.69) is 6.92 Å². The van der Waals surface area contributed by atoms with Gasteiger partial charge in [0, 0.05) is 5.92 Å². The summed E-state index contributed by atoms with van der Waals surface area (Å²) in [5.74, 6) is -0.494. The Hall–Kier alpha value is -0.530. The Morgan fingerprint density at radius 2 is 2.38 bits per heavy atom. The third-order valence-corrected chi connectivity index (χ3v) is 1.04. The molecule has 0 aliphatic heterocycles. The summed E-state index contributed by atoms with van der Waals surface area (Å²) in [6.07, 6.45) is 1.77. The Morgan fingerprint density at radius 1 is 1.88 bits per heavy atom. The zero-order chi connectivity index (χ0) is 6.57. The molecular weight excluding hydrogens is 102 g/mol. The summed E-state index contributed by atoms with van der Waals surface area (Å²) in [5.41, 5.74) is 4.92. The largest absolute Gasteiger partial charge is 0.369 e. The molecule has 0 aromatic carbocycles. The lowest BCUT2D eigenvalue weighted by molar-refractivity contribution is -0.120. The average molecular weight is 114 g/mol. The molecule has 2 nitrogen and oxygen atoms in total. The van der Waals surface area contributed by atoms with E-state index in [1.807, 2.05) is 6.92 Å². The van der Waals surface area contributed by atoms with Gasteiger partial charge in [0.1, 0.15) is 0 Å². The summed E-state index contributed by atoms with van der Waals surface area (Å²) in [6.45, 7) is 5.55. The van der Waals surface area contributed by atoms with Crippen LogP contribution in [0.2, 0.25) is 0 Å². The van der Waals surface area contributed by atoms with E-state index in [9.17, 15) is 4.79 Å². The van der Waals surface area contributed by atoms with Crippen LogP contribution in [-0.2, 0) is 4.79 Å². The Bertz CT molecular complexity index is 80.6. The Kier molecular flexibility index (Phi) is 3.24. The highest BCUT2D eigenvalue weighted by atomic mass is 16.1. The maximum atomic E-state index is 10.2. The van der Waals surface area contributed by atoms with Crippen molar-refractivity contribution >= 4 is 5.91 Å². The summed E-state index contributed by atoms with van der Waals surface area (Å²) >= 11 is 0. The molecular formula is C6H12NO. The first-order valence-corrected chi connectivity index (χ1v) is 2.81. The van der Waals surface area contributed by atoms with Gasteiger partial charge in [0.25, 0.3) is 0 Å². The van der Waals surface area contributed by atoms with Crippen LogP contribution in [0.1, 0.15) is 19.8 Å². The van der Waals surface area contributed by atoms with Gasteiger partial charge >= 0.3 is 0 Å². The van der Waals surface area contributed by atoms with Crippen LogP contribution in [0.4, 0.5) is 0 Å². The highest BCUT2D eigenvalue weighted by Gasteiger charge is 2.04. The summed E-state index contributed by atoms with van der Waals surface area (Å²) in [6, 6.07) is 0. The SMILES string of the molecule is [CH2]C(CCC)C(N)=O. The van der Waals surface area contributed by atoms with Crippen molar-refractivity contribution in [3.63, 3.8) is 0 Å². The molecule has 8 heavy (non-hydrogen) atoms. The van der Waals surface area contributed by atoms with E-state index in [0.717, 1.165) is 12.8 Å². The van der Waals surface area contributed by atoms with Crippen LogP contribution in [0.3, 0.4) is 0 Å². The maximum Gasteiger partial charge on any atom is 0.220 e. The standard InChI is InChI=1S/C6H12NO/c1-3-4-5(2)6(7)8/h5H,2-4H2,1H3,(H2,7,8). The molecule has 0 aliphatic rings. The second-order valence-electron chi connectivity index (χ2n) is 1.89. The van der Waals surface area contributed by atoms with Gasteiger partial charge in [0.05, 0.1) is 0 Å². The molecule has 0 saturated carbocycles. The first-order chi connectivity index (χ1) is 3.68. The van der Waals surface area contributed by atoms with Gasteiger partial charge in [-0.2, -0.15) is 0 Å². The lowest BCUT2D eigenvalue weighted by Crippen LogP contribution is -2.20. The number of amides is 1. The minimum absolute atomic E-state index is 0.194. The van der Waals surface area contributed by atoms with Gasteiger partial charge in [-0.25, -0.2) is 0 Å². The molecule has 1 atom stereocenters. The summed E-state index contributed by atoms with van der Waals surface area (Å²) in [5, 5.41) is 0. The molecule has 1 radical (unpaired) electrons. The number of rotatable bonds is 3. The number of hydrogen-bond acceptors (Lipinski definition) is 1. The highest BCUT2D eigenvalue weighted by Crippen LogP contribution is 2.01. The molecule has 2 N–H and O–H groups in total. The molecule has 1 unspecified atom stereocenters. The van der Waals surface area contributed by atoms with Gasteiger partial charge in [0.15, 0.2) is 0 Å². The maximum absolute atomic E-state index is 10.2. The molecule has 0 aromatic rings. The van der Waals surface area contributed by atoms with Gasteiger partial charge in [-0.15, -0.1) is 0 Å². The first-order valence-electron chi connectivity index (χ1n) is 2.81. The fourth-order valence-electron chi connectivity index (χ4n) is 0.491. The Morgan fingerprint density at radius 3 is 2.50 bits per heavy atom. The van der Waals surface area contributed by atoms with Crippen molar-refractivity contribution in [3.8, 4) is 0 Å². The lowest BCUT2D eigenvalue weighted by Gasteiger charge is -2.01. The molecule has 0 heterocycles. The Labute approximate surface area is 50.1 Å². The molecule has 47 valence electrons. The van der Waals surface area contributed by atoms with Gasteiger partial charge in [-0.3, -0.25) is 4.79 Å². The minimum atomic E-state index is -0.299. The van der Waals surface area contributed by atoms with Crippen LogP contribution in [0.15, 0.2) is 0 Å². The van der Waals surface area contributed by atoms with E-state index < -0.39 is 0 Å². The van der Waals surface area contributed by atoms with Crippen molar-refractivity contribution in [1.82, 2.24) is 0 Å². The van der Waals surface area contributed by atoms with Crippen LogP contribution in [0.5, 0.6) is 0 Å². The van der Waals surface area contributed by atoms with Crippen molar-refractivity contribution in [2.24, 2.45) is 11.7 Å². The van der Waals surface area contributed by atoms with Crippen molar-refractivity contribution < 1.29 is 4.79 Å². The van der Waals surface area contributed by atoms with E-state index in [1.54, 1.807) is 0 Å². The predicted molar refractivity (Wildman–Crippen MR) is 32.9 cm³/mol. The van der Waals surface area contributed by atoms with E-state index in [1.165, 1.54) is 0 Å². The monoisotopic (exact) mass is 114 g/mol. The molecule has 0 spiro atoms. The van der Waals surface area contributed by atoms with E-state index >= 15 is 0 Å². The molecule has 2 heteroatoms. The number of hydrogen-bond donors (Lipinski definition) is 1. The van der Waals surface area contributed by atoms with Crippen LogP contribution in [0.25, 0.3) is 0 Å². The van der Waals surface area contributed by atoms with E-state index in [0.29, 0.717) is 0 Å². The quantitative estimate of drug-likeness (QED) is 0.577. The summed E-state index contributed by atoms with van der Waals surface area (Å²) in [4.78, 5) is 10.2. The number of primary amides is 1. The third kappa shape index (κ3) is 2.61. The van der Waals surface area contributed by atoms with Crippen LogP contribution < -0.4 is 5.73 Å². The van der Waals surface area contributed by atoms with Gasteiger partial charge in [-0.05, 0) is 13.3 Å². The zero-order valence-electron chi connectivity index (χ0n) is 5.18. The van der Waals surface area contributed by atoms with Crippen LogP contribution >= 0.6 is 0 Å². The lowest BCUT2D eigenvalue weighted by atomic mass is 10.1. The fourth-order valence-corrected chi connectivity index (χ4v) is 0.491. The number of carbonyl (C=O) groups excluding carboxylic acids is 1. The molecule has 0 fully saturated rings. The first kappa shape index (κ1) is 7.47. The van der Waals surface area contributed by atoms with Gasteiger partial charge in [0.2, 0.25) is 5.91 Å². The zero-order valence-corrected chi connectivity index (χ0v) is 5.18. The molecule has 0 rings (SSSR count). The normalized spacial score (nSPS) is 13.2. The van der Waals surface area contributed by atoms with Crippen molar-refractivity contribution in [3.05, 3.63) is 6.92 Å². The summed E-state index contributed by atoms with van der Waals surface area (Å²) < 4.78 is 0. The van der Waals surface area contributed by atoms with Crippen molar-refractivity contribution in [2.45, 2.75) is 19.8 Å². The van der Waals surface area contributed by atoms with E-state index in [-0.39, 0.29) is 11.8 Å². The van der Waals surface area contributed by atoms with Crippen molar-refractivity contribution in [2.75, 3.05) is 0 Å². The smallest absolute Gasteiger partial charge is 0.220 e. The van der Waals surface area contributed by atoms with Gasteiger partial charge < -0.3 is 5.73 Å². The minimum Gasteiger partial charge on any atom is -0.369 e. The van der Waals surface area contributed by atoms with Crippen molar-refractivity contribution in [1.29, 1.82) is 0 Å². The molecule has 0 bridgehead atoms. The molecule has 0 aliphatic carbocycles. The van der Waals surface area contributed by atoms with Crippen LogP contribution in [-0.4, -0.2) is 5.91 Å². The fraction of sp³-hybridized carbons (Fsp3) is 0.667. The molecule has 1 amide bonds. The number of carbonyl (C=O) groups is 1. The third-order valence-electron chi connectivity index (χ3n) is 1.04. The van der Waals surface area contributed by atoms with Crippen LogP contribution in [0, 0.1) is 12.8 Å². The second-order valence-corrected chi connectivity index (χ2v) is 1.89. The topological polar surface area (TPSA) is 43.1 Å². The van der Waals surface area contributed by atoms with E-state index in [4.69, 9.17) is 5.73 Å². The highest BCUT2D eigenvalue weighted by molar-refractivity contribution is 5.77.